The minimum absolute atomic E-state index is 0.230. The standard InChI is InChI=1S/C28H25F3N4O/c29-28(30,31)26-17-25(23-10-3-4-11-24(23)34-26)33-22-9-5-8-20(16-22)27(36)32-13-15-35-14-12-19-6-1-2-7-21(19)18-35/h1-11,16-17H,12-15,18H2,(H,32,36)(H,33,34). The third-order valence-electron chi connectivity index (χ3n) is 6.33. The van der Waals surface area contributed by atoms with E-state index in [9.17, 15) is 18.0 Å². The first-order chi connectivity index (χ1) is 17.4. The Kier molecular flexibility index (Phi) is 6.61. The van der Waals surface area contributed by atoms with Gasteiger partial charge in [0.05, 0.1) is 11.2 Å². The fourth-order valence-electron chi connectivity index (χ4n) is 4.49. The van der Waals surface area contributed by atoms with Crippen molar-refractivity contribution in [3.63, 3.8) is 0 Å². The monoisotopic (exact) mass is 490 g/mol. The van der Waals surface area contributed by atoms with Crippen LogP contribution in [-0.4, -0.2) is 35.4 Å². The topological polar surface area (TPSA) is 57.3 Å². The highest BCUT2D eigenvalue weighted by Crippen LogP contribution is 2.34. The zero-order valence-corrected chi connectivity index (χ0v) is 19.5. The highest BCUT2D eigenvalue weighted by atomic mass is 19.4. The van der Waals surface area contributed by atoms with Crippen LogP contribution in [0.5, 0.6) is 0 Å². The van der Waals surface area contributed by atoms with E-state index >= 15 is 0 Å². The van der Waals surface area contributed by atoms with Crippen molar-refractivity contribution in [2.75, 3.05) is 25.0 Å². The number of amides is 1. The van der Waals surface area contributed by atoms with E-state index in [1.54, 1.807) is 48.5 Å². The molecule has 4 aromatic rings. The van der Waals surface area contributed by atoms with Crippen molar-refractivity contribution in [1.29, 1.82) is 0 Å². The number of pyridine rings is 1. The van der Waals surface area contributed by atoms with Gasteiger partial charge in [0.15, 0.2) is 0 Å². The minimum Gasteiger partial charge on any atom is -0.355 e. The van der Waals surface area contributed by atoms with Crippen LogP contribution >= 0.6 is 0 Å². The normalized spacial score (nSPS) is 13.9. The molecular formula is C28H25F3N4O. The molecule has 0 fully saturated rings. The summed E-state index contributed by atoms with van der Waals surface area (Å²) in [6.45, 7) is 3.06. The Hall–Kier alpha value is -3.91. The van der Waals surface area contributed by atoms with Crippen molar-refractivity contribution in [1.82, 2.24) is 15.2 Å². The van der Waals surface area contributed by atoms with Gasteiger partial charge < -0.3 is 10.6 Å². The van der Waals surface area contributed by atoms with E-state index in [4.69, 9.17) is 0 Å². The van der Waals surface area contributed by atoms with Gasteiger partial charge in [-0.25, -0.2) is 4.98 Å². The average molecular weight is 491 g/mol. The number of carbonyl (C=O) groups is 1. The van der Waals surface area contributed by atoms with Crippen LogP contribution in [0.2, 0.25) is 0 Å². The summed E-state index contributed by atoms with van der Waals surface area (Å²) in [7, 11) is 0. The summed E-state index contributed by atoms with van der Waals surface area (Å²) in [4.78, 5) is 18.8. The van der Waals surface area contributed by atoms with Crippen molar-refractivity contribution in [2.45, 2.75) is 19.1 Å². The van der Waals surface area contributed by atoms with Gasteiger partial charge in [0.2, 0.25) is 0 Å². The second-order valence-corrected chi connectivity index (χ2v) is 8.83. The van der Waals surface area contributed by atoms with Crippen LogP contribution < -0.4 is 10.6 Å². The Balaban J connectivity index is 1.25. The van der Waals surface area contributed by atoms with E-state index in [1.807, 2.05) is 6.07 Å². The van der Waals surface area contributed by atoms with Gasteiger partial charge in [-0.15, -0.1) is 0 Å². The minimum atomic E-state index is -4.57. The molecule has 0 atom stereocenters. The molecule has 0 saturated heterocycles. The largest absolute Gasteiger partial charge is 0.433 e. The molecule has 0 spiro atoms. The van der Waals surface area contributed by atoms with E-state index in [1.165, 1.54) is 11.1 Å². The number of anilines is 2. The molecule has 3 aromatic carbocycles. The third-order valence-corrected chi connectivity index (χ3v) is 6.33. The van der Waals surface area contributed by atoms with Gasteiger partial charge in [-0.1, -0.05) is 48.5 Å². The predicted molar refractivity (Wildman–Crippen MR) is 134 cm³/mol. The molecule has 2 heterocycles. The van der Waals surface area contributed by atoms with Crippen molar-refractivity contribution >= 4 is 28.2 Å². The van der Waals surface area contributed by atoms with Gasteiger partial charge in [0.25, 0.3) is 5.91 Å². The number of rotatable bonds is 6. The van der Waals surface area contributed by atoms with Crippen LogP contribution in [0.4, 0.5) is 24.5 Å². The molecule has 184 valence electrons. The number of hydrogen-bond acceptors (Lipinski definition) is 4. The Labute approximate surface area is 207 Å². The number of aromatic nitrogens is 1. The van der Waals surface area contributed by atoms with Crippen LogP contribution in [0, 0.1) is 0 Å². The lowest BCUT2D eigenvalue weighted by Crippen LogP contribution is -2.37. The molecular weight excluding hydrogens is 465 g/mol. The SMILES string of the molecule is O=C(NCCN1CCc2ccccc2C1)c1cccc(Nc2cc(C(F)(F)F)nc3ccccc23)c1. The van der Waals surface area contributed by atoms with E-state index in [0.717, 1.165) is 32.1 Å². The lowest BCUT2D eigenvalue weighted by atomic mass is 10.00. The van der Waals surface area contributed by atoms with E-state index in [0.29, 0.717) is 23.2 Å². The van der Waals surface area contributed by atoms with Gasteiger partial charge >= 0.3 is 6.18 Å². The van der Waals surface area contributed by atoms with Crippen LogP contribution in [0.3, 0.4) is 0 Å². The first-order valence-electron chi connectivity index (χ1n) is 11.8. The predicted octanol–water partition coefficient (Wildman–Crippen LogP) is 5.79. The molecule has 5 rings (SSSR count). The fourth-order valence-corrected chi connectivity index (χ4v) is 4.49. The fraction of sp³-hybridized carbons (Fsp3) is 0.214. The van der Waals surface area contributed by atoms with E-state index in [2.05, 4.69) is 38.7 Å². The molecule has 5 nitrogen and oxygen atoms in total. The van der Waals surface area contributed by atoms with Crippen LogP contribution in [0.1, 0.15) is 27.2 Å². The zero-order chi connectivity index (χ0) is 25.1. The van der Waals surface area contributed by atoms with Gasteiger partial charge in [-0.05, 0) is 47.9 Å². The third kappa shape index (κ3) is 5.33. The molecule has 0 unspecified atom stereocenters. The highest BCUT2D eigenvalue weighted by molar-refractivity contribution is 5.96. The number of fused-ring (bicyclic) bond motifs is 2. The Morgan fingerprint density at radius 1 is 0.944 bits per heavy atom. The quantitative estimate of drug-likeness (QED) is 0.360. The maximum Gasteiger partial charge on any atom is 0.433 e. The second-order valence-electron chi connectivity index (χ2n) is 8.83. The molecule has 1 aromatic heterocycles. The zero-order valence-electron chi connectivity index (χ0n) is 19.5. The maximum absolute atomic E-state index is 13.4. The summed E-state index contributed by atoms with van der Waals surface area (Å²) in [5, 5.41) is 6.56. The maximum atomic E-state index is 13.4. The molecule has 2 N–H and O–H groups in total. The summed E-state index contributed by atoms with van der Waals surface area (Å²) in [6, 6.07) is 22.8. The molecule has 1 aliphatic rings. The number of nitrogens with one attached hydrogen (secondary N) is 2. The lowest BCUT2D eigenvalue weighted by molar-refractivity contribution is -0.140. The summed E-state index contributed by atoms with van der Waals surface area (Å²) in [6.07, 6.45) is -3.57. The van der Waals surface area contributed by atoms with Crippen molar-refractivity contribution in [2.24, 2.45) is 0 Å². The summed E-state index contributed by atoms with van der Waals surface area (Å²) in [5.41, 5.74) is 3.19. The van der Waals surface area contributed by atoms with Gasteiger partial charge in [0.1, 0.15) is 5.69 Å². The average Bonchev–Trinajstić information content (AvgIpc) is 2.88. The molecule has 0 bridgehead atoms. The summed E-state index contributed by atoms with van der Waals surface area (Å²) in [5.74, 6) is -0.230. The van der Waals surface area contributed by atoms with Gasteiger partial charge in [-0.2, -0.15) is 13.2 Å². The van der Waals surface area contributed by atoms with Gasteiger partial charge in [-0.3, -0.25) is 9.69 Å². The van der Waals surface area contributed by atoms with Crippen molar-refractivity contribution < 1.29 is 18.0 Å². The number of halogens is 3. The summed E-state index contributed by atoms with van der Waals surface area (Å²) >= 11 is 0. The second kappa shape index (κ2) is 9.99. The number of nitrogens with zero attached hydrogens (tertiary/aromatic N) is 2. The smallest absolute Gasteiger partial charge is 0.355 e. The molecule has 36 heavy (non-hydrogen) atoms. The first-order valence-corrected chi connectivity index (χ1v) is 11.8. The first kappa shape index (κ1) is 23.8. The van der Waals surface area contributed by atoms with E-state index < -0.39 is 11.9 Å². The highest BCUT2D eigenvalue weighted by Gasteiger charge is 2.33. The summed E-state index contributed by atoms with van der Waals surface area (Å²) < 4.78 is 40.2. The Morgan fingerprint density at radius 3 is 2.56 bits per heavy atom. The number of benzene rings is 3. The van der Waals surface area contributed by atoms with Crippen LogP contribution in [0.15, 0.2) is 78.9 Å². The van der Waals surface area contributed by atoms with Crippen LogP contribution in [0.25, 0.3) is 10.9 Å². The number of hydrogen-bond donors (Lipinski definition) is 2. The molecule has 1 amide bonds. The lowest BCUT2D eigenvalue weighted by Gasteiger charge is -2.28. The number of para-hydroxylation sites is 1. The molecule has 0 radical (unpaired) electrons. The van der Waals surface area contributed by atoms with Gasteiger partial charge in [0, 0.05) is 42.8 Å². The molecule has 8 heteroatoms. The Morgan fingerprint density at radius 2 is 1.72 bits per heavy atom. The van der Waals surface area contributed by atoms with Crippen molar-refractivity contribution in [3.05, 3.63) is 101 Å². The number of carbonyl (C=O) groups excluding carboxylic acids is 1. The molecule has 0 aliphatic carbocycles. The van der Waals surface area contributed by atoms with Crippen molar-refractivity contribution in [3.8, 4) is 0 Å². The molecule has 0 saturated carbocycles. The number of alkyl halides is 3. The molecule has 1 aliphatic heterocycles. The Bertz CT molecular complexity index is 1400. The van der Waals surface area contributed by atoms with Crippen LogP contribution in [-0.2, 0) is 19.1 Å². The van der Waals surface area contributed by atoms with E-state index in [-0.39, 0.29) is 17.1 Å².